The molecule has 2 heterocycles. The molecule has 0 unspecified atom stereocenters. The fourth-order valence-electron chi connectivity index (χ4n) is 2.39. The molecule has 0 bridgehead atoms. The molecule has 6 heteroatoms. The van der Waals surface area contributed by atoms with Gasteiger partial charge in [-0.25, -0.2) is 0 Å². The van der Waals surface area contributed by atoms with Crippen LogP contribution in [0.1, 0.15) is 25.7 Å². The normalized spacial score (nSPS) is 17.8. The summed E-state index contributed by atoms with van der Waals surface area (Å²) < 4.78 is 5.64. The number of amides is 1. The molecule has 1 aromatic rings. The van der Waals surface area contributed by atoms with Crippen LogP contribution in [0.4, 0.5) is 11.5 Å². The van der Waals surface area contributed by atoms with Crippen LogP contribution in [-0.2, 0) is 4.79 Å². The molecule has 1 aliphatic carbocycles. The zero-order valence-corrected chi connectivity index (χ0v) is 12.2. The Morgan fingerprint density at radius 1 is 1.38 bits per heavy atom. The number of ether oxygens (including phenoxy) is 1. The van der Waals surface area contributed by atoms with Crippen LogP contribution in [0.25, 0.3) is 0 Å². The largest absolute Gasteiger partial charge is 0.476 e. The van der Waals surface area contributed by atoms with Gasteiger partial charge in [0, 0.05) is 13.1 Å². The number of aromatic nitrogens is 1. The number of nitrogens with zero attached hydrogens (tertiary/aromatic N) is 2. The number of rotatable bonds is 6. The highest BCUT2D eigenvalue weighted by molar-refractivity contribution is 5.80. The topological polar surface area (TPSA) is 80.5 Å². The van der Waals surface area contributed by atoms with Gasteiger partial charge in [-0.2, -0.15) is 4.98 Å². The Hall–Kier alpha value is -1.98. The second-order valence-electron chi connectivity index (χ2n) is 5.79. The fraction of sp³-hybridized carbons (Fsp3) is 0.600. The van der Waals surface area contributed by atoms with Crippen LogP contribution >= 0.6 is 0 Å². The van der Waals surface area contributed by atoms with E-state index in [0.717, 1.165) is 25.9 Å². The van der Waals surface area contributed by atoms with Crippen molar-refractivity contribution in [1.82, 2.24) is 9.88 Å². The number of hydrogen-bond acceptors (Lipinski definition) is 5. The number of carbonyl (C=O) groups excluding carboxylic acids is 1. The van der Waals surface area contributed by atoms with Gasteiger partial charge < -0.3 is 20.7 Å². The summed E-state index contributed by atoms with van der Waals surface area (Å²) in [4.78, 5) is 18.2. The number of likely N-dealkylation sites (tertiary alicyclic amines) is 1. The minimum absolute atomic E-state index is 0.117. The minimum Gasteiger partial charge on any atom is -0.476 e. The van der Waals surface area contributed by atoms with Gasteiger partial charge in [-0.1, -0.05) is 0 Å². The number of nitrogens with two attached hydrogens (primary N) is 1. The summed E-state index contributed by atoms with van der Waals surface area (Å²) in [6.45, 7) is 2.67. The molecule has 3 rings (SSSR count). The van der Waals surface area contributed by atoms with E-state index in [2.05, 4.69) is 10.3 Å². The standard InChI is InChI=1S/C15H22N4O2/c16-12-5-6-13(18-15(12)21-10-11-3-4-11)17-9-14(20)19-7-1-2-8-19/h5-6,11H,1-4,7-10,16H2,(H,17,18). The Morgan fingerprint density at radius 3 is 2.86 bits per heavy atom. The number of hydrogen-bond donors (Lipinski definition) is 2. The summed E-state index contributed by atoms with van der Waals surface area (Å²) in [6, 6.07) is 3.54. The first-order chi connectivity index (χ1) is 10.2. The second kappa shape index (κ2) is 6.20. The highest BCUT2D eigenvalue weighted by Gasteiger charge is 2.22. The molecular weight excluding hydrogens is 268 g/mol. The minimum atomic E-state index is 0.117. The van der Waals surface area contributed by atoms with E-state index >= 15 is 0 Å². The van der Waals surface area contributed by atoms with Gasteiger partial charge in [0.25, 0.3) is 0 Å². The first-order valence-electron chi connectivity index (χ1n) is 7.63. The predicted molar refractivity (Wildman–Crippen MR) is 81.2 cm³/mol. The van der Waals surface area contributed by atoms with Crippen LogP contribution in [-0.4, -0.2) is 42.0 Å². The summed E-state index contributed by atoms with van der Waals surface area (Å²) in [7, 11) is 0. The molecule has 2 aliphatic rings. The maximum absolute atomic E-state index is 12.0. The molecule has 2 fully saturated rings. The Morgan fingerprint density at radius 2 is 2.14 bits per heavy atom. The maximum Gasteiger partial charge on any atom is 0.241 e. The van der Waals surface area contributed by atoms with Crippen molar-refractivity contribution in [1.29, 1.82) is 0 Å². The van der Waals surface area contributed by atoms with Gasteiger partial charge >= 0.3 is 0 Å². The average molecular weight is 290 g/mol. The van der Waals surface area contributed by atoms with E-state index in [9.17, 15) is 4.79 Å². The number of nitrogens with one attached hydrogen (secondary N) is 1. The molecule has 1 amide bonds. The number of anilines is 2. The highest BCUT2D eigenvalue weighted by Crippen LogP contribution is 2.30. The number of pyridine rings is 1. The van der Waals surface area contributed by atoms with Crippen molar-refractivity contribution in [2.45, 2.75) is 25.7 Å². The van der Waals surface area contributed by atoms with Crippen molar-refractivity contribution in [2.75, 3.05) is 37.3 Å². The van der Waals surface area contributed by atoms with Crippen molar-refractivity contribution in [3.63, 3.8) is 0 Å². The van der Waals surface area contributed by atoms with E-state index in [4.69, 9.17) is 10.5 Å². The lowest BCUT2D eigenvalue weighted by Crippen LogP contribution is -2.33. The van der Waals surface area contributed by atoms with E-state index < -0.39 is 0 Å². The average Bonchev–Trinajstić information content (AvgIpc) is 3.16. The number of nitrogen functional groups attached to an aromatic ring is 1. The predicted octanol–water partition coefficient (Wildman–Crippen LogP) is 1.49. The molecule has 114 valence electrons. The molecule has 1 aromatic heterocycles. The first kappa shape index (κ1) is 14.0. The van der Waals surface area contributed by atoms with Crippen LogP contribution in [0.15, 0.2) is 12.1 Å². The van der Waals surface area contributed by atoms with E-state index in [-0.39, 0.29) is 12.5 Å². The molecule has 3 N–H and O–H groups in total. The molecular formula is C15H22N4O2. The van der Waals surface area contributed by atoms with Crippen LogP contribution in [0.3, 0.4) is 0 Å². The quantitative estimate of drug-likeness (QED) is 0.829. The molecule has 21 heavy (non-hydrogen) atoms. The van der Waals surface area contributed by atoms with Crippen LogP contribution < -0.4 is 15.8 Å². The Bertz CT molecular complexity index is 510. The third-order valence-electron chi connectivity index (χ3n) is 3.92. The van der Waals surface area contributed by atoms with Gasteiger partial charge in [-0.3, -0.25) is 4.79 Å². The fourth-order valence-corrected chi connectivity index (χ4v) is 2.39. The van der Waals surface area contributed by atoms with Gasteiger partial charge in [-0.05, 0) is 43.7 Å². The molecule has 0 spiro atoms. The van der Waals surface area contributed by atoms with Crippen molar-refractivity contribution in [3.8, 4) is 5.88 Å². The summed E-state index contributed by atoms with van der Waals surface area (Å²) in [5.41, 5.74) is 6.40. The van der Waals surface area contributed by atoms with Crippen molar-refractivity contribution < 1.29 is 9.53 Å². The second-order valence-corrected chi connectivity index (χ2v) is 5.79. The molecule has 1 saturated heterocycles. The van der Waals surface area contributed by atoms with Crippen LogP contribution in [0, 0.1) is 5.92 Å². The summed E-state index contributed by atoms with van der Waals surface area (Å²) in [6.07, 6.45) is 4.65. The first-order valence-corrected chi connectivity index (χ1v) is 7.63. The van der Waals surface area contributed by atoms with Gasteiger partial charge in [0.2, 0.25) is 11.8 Å². The smallest absolute Gasteiger partial charge is 0.241 e. The highest BCUT2D eigenvalue weighted by atomic mass is 16.5. The van der Waals surface area contributed by atoms with Gasteiger partial charge in [0.05, 0.1) is 18.8 Å². The third-order valence-corrected chi connectivity index (χ3v) is 3.92. The zero-order valence-electron chi connectivity index (χ0n) is 12.2. The van der Waals surface area contributed by atoms with Crippen LogP contribution in [0.5, 0.6) is 5.88 Å². The summed E-state index contributed by atoms with van der Waals surface area (Å²) >= 11 is 0. The lowest BCUT2D eigenvalue weighted by atomic mass is 10.4. The van der Waals surface area contributed by atoms with E-state index in [1.165, 1.54) is 12.8 Å². The van der Waals surface area contributed by atoms with Gasteiger partial charge in [-0.15, -0.1) is 0 Å². The Balaban J connectivity index is 1.54. The summed E-state index contributed by atoms with van der Waals surface area (Å²) in [5, 5.41) is 3.05. The van der Waals surface area contributed by atoms with Gasteiger partial charge in [0.1, 0.15) is 5.82 Å². The molecule has 6 nitrogen and oxygen atoms in total. The molecule has 0 radical (unpaired) electrons. The molecule has 1 aliphatic heterocycles. The van der Waals surface area contributed by atoms with Crippen molar-refractivity contribution in [3.05, 3.63) is 12.1 Å². The summed E-state index contributed by atoms with van der Waals surface area (Å²) in [5.74, 6) is 1.86. The molecule has 1 saturated carbocycles. The van der Waals surface area contributed by atoms with Crippen molar-refractivity contribution >= 4 is 17.4 Å². The Labute approximate surface area is 124 Å². The SMILES string of the molecule is Nc1ccc(NCC(=O)N2CCCC2)nc1OCC1CC1. The number of carbonyl (C=O) groups is 1. The maximum atomic E-state index is 12.0. The molecule has 0 atom stereocenters. The van der Waals surface area contributed by atoms with Crippen LogP contribution in [0.2, 0.25) is 0 Å². The lowest BCUT2D eigenvalue weighted by molar-refractivity contribution is -0.128. The Kier molecular flexibility index (Phi) is 4.13. The lowest BCUT2D eigenvalue weighted by Gasteiger charge is -2.16. The third kappa shape index (κ3) is 3.77. The van der Waals surface area contributed by atoms with Gasteiger partial charge in [0.15, 0.2) is 0 Å². The van der Waals surface area contributed by atoms with Crippen molar-refractivity contribution in [2.24, 2.45) is 5.92 Å². The zero-order chi connectivity index (χ0) is 14.7. The molecule has 0 aromatic carbocycles. The van der Waals surface area contributed by atoms with E-state index in [0.29, 0.717) is 29.9 Å². The van der Waals surface area contributed by atoms with E-state index in [1.807, 2.05) is 4.90 Å². The van der Waals surface area contributed by atoms with E-state index in [1.54, 1.807) is 12.1 Å². The monoisotopic (exact) mass is 290 g/mol.